The molecule has 2 aromatic carbocycles. The molecular formula is C25H25NO7. The maximum Gasteiger partial charge on any atom is 0.330 e. The van der Waals surface area contributed by atoms with E-state index in [1.54, 1.807) is 36.4 Å². The molecule has 172 valence electrons. The predicted molar refractivity (Wildman–Crippen MR) is 120 cm³/mol. The van der Waals surface area contributed by atoms with Gasteiger partial charge < -0.3 is 23.5 Å². The van der Waals surface area contributed by atoms with Crippen molar-refractivity contribution in [3.8, 4) is 17.2 Å². The Balaban J connectivity index is 1.58. The van der Waals surface area contributed by atoms with E-state index in [2.05, 4.69) is 9.89 Å². The largest absolute Gasteiger partial charge is 0.493 e. The molecule has 0 unspecified atom stereocenters. The summed E-state index contributed by atoms with van der Waals surface area (Å²) >= 11 is 0. The number of ether oxygens (including phenoxy) is 4. The molecule has 33 heavy (non-hydrogen) atoms. The second-order valence-corrected chi connectivity index (χ2v) is 7.15. The van der Waals surface area contributed by atoms with Crippen molar-refractivity contribution < 1.29 is 33.1 Å². The van der Waals surface area contributed by atoms with Gasteiger partial charge in [-0.15, -0.1) is 0 Å². The highest BCUT2D eigenvalue weighted by atomic mass is 16.6. The Morgan fingerprint density at radius 1 is 1.03 bits per heavy atom. The van der Waals surface area contributed by atoms with Gasteiger partial charge in [0, 0.05) is 6.08 Å². The molecule has 0 saturated carbocycles. The van der Waals surface area contributed by atoms with E-state index in [0.29, 0.717) is 23.7 Å². The molecule has 0 aliphatic rings. The fourth-order valence-electron chi connectivity index (χ4n) is 3.00. The van der Waals surface area contributed by atoms with Gasteiger partial charge >= 0.3 is 11.9 Å². The van der Waals surface area contributed by atoms with Crippen LogP contribution in [0.1, 0.15) is 28.1 Å². The van der Waals surface area contributed by atoms with Crippen LogP contribution in [0.4, 0.5) is 0 Å². The number of benzene rings is 2. The summed E-state index contributed by atoms with van der Waals surface area (Å²) in [5.41, 5.74) is 3.20. The molecular weight excluding hydrogens is 426 g/mol. The van der Waals surface area contributed by atoms with Gasteiger partial charge in [-0.05, 0) is 55.3 Å². The summed E-state index contributed by atoms with van der Waals surface area (Å²) in [7, 11) is 2.78. The molecule has 0 fully saturated rings. The Bertz CT molecular complexity index is 1130. The minimum absolute atomic E-state index is 0.0807. The Kier molecular flexibility index (Phi) is 7.86. The van der Waals surface area contributed by atoms with Gasteiger partial charge in [0.15, 0.2) is 11.5 Å². The highest BCUT2D eigenvalue weighted by Gasteiger charge is 2.13. The molecule has 0 amide bonds. The summed E-state index contributed by atoms with van der Waals surface area (Å²) in [5.74, 6) is 1.16. The third kappa shape index (κ3) is 6.46. The van der Waals surface area contributed by atoms with Crippen LogP contribution in [0.2, 0.25) is 0 Å². The predicted octanol–water partition coefficient (Wildman–Crippen LogP) is 4.21. The highest BCUT2D eigenvalue weighted by Crippen LogP contribution is 2.29. The molecule has 0 aliphatic carbocycles. The number of carbonyl (C=O) groups excluding carboxylic acids is 2. The number of aryl methyl sites for hydroxylation is 2. The molecule has 1 heterocycles. The van der Waals surface area contributed by atoms with Crippen molar-refractivity contribution in [3.05, 3.63) is 76.7 Å². The first-order chi connectivity index (χ1) is 15.9. The molecule has 8 heteroatoms. The first kappa shape index (κ1) is 23.6. The number of aromatic nitrogens is 1. The fourth-order valence-corrected chi connectivity index (χ4v) is 3.00. The van der Waals surface area contributed by atoms with E-state index in [0.717, 1.165) is 22.6 Å². The summed E-state index contributed by atoms with van der Waals surface area (Å²) in [4.78, 5) is 23.7. The van der Waals surface area contributed by atoms with Crippen molar-refractivity contribution in [2.24, 2.45) is 0 Å². The van der Waals surface area contributed by atoms with E-state index in [-0.39, 0.29) is 12.2 Å². The molecule has 3 aromatic rings. The normalized spacial score (nSPS) is 10.8. The molecule has 0 atom stereocenters. The minimum Gasteiger partial charge on any atom is -0.493 e. The Labute approximate surface area is 191 Å². The van der Waals surface area contributed by atoms with Gasteiger partial charge in [0.2, 0.25) is 0 Å². The average molecular weight is 451 g/mol. The van der Waals surface area contributed by atoms with Gasteiger partial charge in [-0.2, -0.15) is 0 Å². The van der Waals surface area contributed by atoms with E-state index < -0.39 is 11.9 Å². The number of nitrogens with zero attached hydrogens (tertiary/aromatic N) is 1. The summed E-state index contributed by atoms with van der Waals surface area (Å²) in [6.07, 6.45) is 2.95. The molecule has 1 aromatic heterocycles. The van der Waals surface area contributed by atoms with E-state index in [1.165, 1.54) is 20.3 Å². The van der Waals surface area contributed by atoms with Crippen molar-refractivity contribution >= 4 is 18.0 Å². The van der Waals surface area contributed by atoms with Crippen LogP contribution >= 0.6 is 0 Å². The average Bonchev–Trinajstić information content (AvgIpc) is 3.14. The quantitative estimate of drug-likeness (QED) is 0.271. The van der Waals surface area contributed by atoms with Crippen LogP contribution in [-0.2, 0) is 27.4 Å². The topological polar surface area (TPSA) is 97.1 Å². The third-order valence-electron chi connectivity index (χ3n) is 4.86. The third-order valence-corrected chi connectivity index (χ3v) is 4.86. The number of methoxy groups -OCH3 is 2. The van der Waals surface area contributed by atoms with Crippen LogP contribution in [0.25, 0.3) is 6.08 Å². The highest BCUT2D eigenvalue weighted by molar-refractivity contribution is 5.87. The van der Waals surface area contributed by atoms with Crippen LogP contribution in [0.15, 0.2) is 53.1 Å². The van der Waals surface area contributed by atoms with Gasteiger partial charge in [-0.25, -0.2) is 4.79 Å². The first-order valence-electron chi connectivity index (χ1n) is 10.2. The summed E-state index contributed by atoms with van der Waals surface area (Å²) in [6, 6.07) is 12.2. The van der Waals surface area contributed by atoms with Crippen LogP contribution in [0, 0.1) is 13.8 Å². The minimum atomic E-state index is -0.468. The van der Waals surface area contributed by atoms with Crippen LogP contribution in [0.3, 0.4) is 0 Å². The molecule has 0 spiro atoms. The first-order valence-corrected chi connectivity index (χ1v) is 10.2. The number of rotatable bonds is 9. The molecule has 0 aliphatic heterocycles. The second-order valence-electron chi connectivity index (χ2n) is 7.15. The zero-order valence-corrected chi connectivity index (χ0v) is 18.9. The van der Waals surface area contributed by atoms with Gasteiger partial charge in [-0.1, -0.05) is 23.4 Å². The van der Waals surface area contributed by atoms with Crippen LogP contribution in [0.5, 0.6) is 17.2 Å². The molecule has 0 radical (unpaired) electrons. The zero-order valence-electron chi connectivity index (χ0n) is 18.9. The number of hydrogen-bond acceptors (Lipinski definition) is 8. The fraction of sp³-hybridized carbons (Fsp3) is 0.240. The summed E-state index contributed by atoms with van der Waals surface area (Å²) < 4.78 is 26.3. The Hall–Kier alpha value is -4.07. The van der Waals surface area contributed by atoms with Gasteiger partial charge in [0.25, 0.3) is 0 Å². The van der Waals surface area contributed by atoms with Gasteiger partial charge in [-0.3, -0.25) is 4.79 Å². The maximum absolute atomic E-state index is 12.4. The monoisotopic (exact) mass is 451 g/mol. The van der Waals surface area contributed by atoms with Crippen molar-refractivity contribution in [3.63, 3.8) is 0 Å². The molecule has 3 rings (SSSR count). The smallest absolute Gasteiger partial charge is 0.330 e. The number of esters is 2. The second kappa shape index (κ2) is 11.0. The Morgan fingerprint density at radius 2 is 1.79 bits per heavy atom. The number of hydrogen-bond donors (Lipinski definition) is 0. The van der Waals surface area contributed by atoms with E-state index in [1.807, 2.05) is 26.0 Å². The summed E-state index contributed by atoms with van der Waals surface area (Å²) in [6.45, 7) is 4.06. The molecule has 8 nitrogen and oxygen atoms in total. The molecule has 0 N–H and O–H groups in total. The lowest BCUT2D eigenvalue weighted by Crippen LogP contribution is -2.12. The van der Waals surface area contributed by atoms with E-state index in [9.17, 15) is 9.59 Å². The number of carbonyl (C=O) groups is 2. The Morgan fingerprint density at radius 3 is 2.42 bits per heavy atom. The standard InChI is InChI=1S/C25H25NO7/c1-16-21(17(2)33-26-16)15-31-20-9-5-19(6-10-20)14-25(28)32-22-11-7-18(13-23(22)29-3)8-12-24(27)30-4/h5-13H,14-15H2,1-4H3/b12-8+. The van der Waals surface area contributed by atoms with Gasteiger partial charge in [0.1, 0.15) is 18.1 Å². The molecule has 0 saturated heterocycles. The van der Waals surface area contributed by atoms with E-state index >= 15 is 0 Å². The SMILES string of the molecule is COC(=O)/C=C/c1ccc(OC(=O)Cc2ccc(OCc3c(C)noc3C)cc2)c(OC)c1. The van der Waals surface area contributed by atoms with Crippen molar-refractivity contribution in [1.29, 1.82) is 0 Å². The van der Waals surface area contributed by atoms with Gasteiger partial charge in [0.05, 0.1) is 31.9 Å². The zero-order chi connectivity index (χ0) is 23.8. The van der Waals surface area contributed by atoms with Crippen molar-refractivity contribution in [2.45, 2.75) is 26.9 Å². The van der Waals surface area contributed by atoms with Crippen molar-refractivity contribution in [1.82, 2.24) is 5.16 Å². The molecule has 0 bridgehead atoms. The maximum atomic E-state index is 12.4. The van der Waals surface area contributed by atoms with Crippen molar-refractivity contribution in [2.75, 3.05) is 14.2 Å². The lowest BCUT2D eigenvalue weighted by Gasteiger charge is -2.10. The summed E-state index contributed by atoms with van der Waals surface area (Å²) in [5, 5.41) is 3.91. The van der Waals surface area contributed by atoms with Crippen LogP contribution in [-0.4, -0.2) is 31.3 Å². The van der Waals surface area contributed by atoms with Crippen LogP contribution < -0.4 is 14.2 Å². The van der Waals surface area contributed by atoms with E-state index in [4.69, 9.17) is 18.7 Å². The lowest BCUT2D eigenvalue weighted by atomic mass is 10.1. The lowest BCUT2D eigenvalue weighted by molar-refractivity contribution is -0.135.